The Hall–Kier alpha value is -0.530. The van der Waals surface area contributed by atoms with Crippen molar-refractivity contribution in [2.24, 2.45) is 0 Å². The quantitative estimate of drug-likeness (QED) is 0.617. The molecule has 1 aliphatic rings. The maximum atomic E-state index is 11.3. The van der Waals surface area contributed by atoms with Gasteiger partial charge in [0.15, 0.2) is 0 Å². The summed E-state index contributed by atoms with van der Waals surface area (Å²) < 4.78 is 0. The minimum absolute atomic E-state index is 0. The number of carbonyl (C=O) groups is 1. The molecule has 0 N–H and O–H groups in total. The highest BCUT2D eigenvalue weighted by Gasteiger charge is 2.26. The van der Waals surface area contributed by atoms with Crippen molar-refractivity contribution in [2.75, 3.05) is 6.54 Å². The summed E-state index contributed by atoms with van der Waals surface area (Å²) in [5, 5.41) is 0. The molecule has 1 atom stereocenters. The molecule has 1 rings (SSSR count). The molecule has 1 unspecified atom stereocenters. The van der Waals surface area contributed by atoms with Gasteiger partial charge in [0.1, 0.15) is 0 Å². The van der Waals surface area contributed by atoms with E-state index in [2.05, 4.69) is 13.8 Å². The summed E-state index contributed by atoms with van der Waals surface area (Å²) in [4.78, 5) is 13.3. The molecule has 0 aromatic carbocycles. The standard InChI is InChI=1S/C10H19NO.CH4/c1-3-4-5-8-11-9(2)6-7-10(11)12;/h9H,3-8H2,1-2H3;1H4. The number of hydrogen-bond donors (Lipinski definition) is 0. The molecule has 0 spiro atoms. The van der Waals surface area contributed by atoms with Crippen molar-refractivity contribution in [3.05, 3.63) is 0 Å². The van der Waals surface area contributed by atoms with Crippen LogP contribution >= 0.6 is 0 Å². The number of nitrogens with zero attached hydrogens (tertiary/aromatic N) is 1. The fourth-order valence-electron chi connectivity index (χ4n) is 1.75. The van der Waals surface area contributed by atoms with E-state index in [0.29, 0.717) is 11.9 Å². The maximum Gasteiger partial charge on any atom is 0.222 e. The molecule has 0 aliphatic carbocycles. The largest absolute Gasteiger partial charge is 0.340 e. The smallest absolute Gasteiger partial charge is 0.222 e. The Morgan fingerprint density at radius 1 is 1.46 bits per heavy atom. The first kappa shape index (κ1) is 12.5. The average molecular weight is 185 g/mol. The lowest BCUT2D eigenvalue weighted by Gasteiger charge is -2.21. The van der Waals surface area contributed by atoms with E-state index in [1.165, 1.54) is 19.3 Å². The zero-order valence-corrected chi connectivity index (χ0v) is 8.18. The van der Waals surface area contributed by atoms with Crippen LogP contribution in [0.4, 0.5) is 0 Å². The molecule has 0 saturated carbocycles. The molecule has 0 aromatic rings. The first-order valence-corrected chi connectivity index (χ1v) is 5.05. The van der Waals surface area contributed by atoms with E-state index in [-0.39, 0.29) is 7.43 Å². The molecule has 1 fully saturated rings. The van der Waals surface area contributed by atoms with Gasteiger partial charge >= 0.3 is 0 Å². The minimum atomic E-state index is 0. The van der Waals surface area contributed by atoms with Crippen molar-refractivity contribution in [3.63, 3.8) is 0 Å². The molecular weight excluding hydrogens is 162 g/mol. The van der Waals surface area contributed by atoms with Crippen molar-refractivity contribution >= 4 is 5.91 Å². The molecule has 0 bridgehead atoms. The first-order chi connectivity index (χ1) is 5.75. The predicted molar refractivity (Wildman–Crippen MR) is 56.7 cm³/mol. The van der Waals surface area contributed by atoms with Gasteiger partial charge in [-0.25, -0.2) is 0 Å². The monoisotopic (exact) mass is 185 g/mol. The van der Waals surface area contributed by atoms with Gasteiger partial charge in [0.2, 0.25) is 5.91 Å². The summed E-state index contributed by atoms with van der Waals surface area (Å²) in [6.45, 7) is 5.32. The van der Waals surface area contributed by atoms with Crippen molar-refractivity contribution < 1.29 is 4.79 Å². The van der Waals surface area contributed by atoms with Crippen LogP contribution in [0.25, 0.3) is 0 Å². The van der Waals surface area contributed by atoms with E-state index in [9.17, 15) is 4.79 Å². The van der Waals surface area contributed by atoms with Gasteiger partial charge in [-0.2, -0.15) is 0 Å². The van der Waals surface area contributed by atoms with Gasteiger partial charge in [0.25, 0.3) is 0 Å². The summed E-state index contributed by atoms with van der Waals surface area (Å²) >= 11 is 0. The number of rotatable bonds is 4. The fraction of sp³-hybridized carbons (Fsp3) is 0.909. The lowest BCUT2D eigenvalue weighted by Crippen LogP contribution is -2.31. The summed E-state index contributed by atoms with van der Waals surface area (Å²) in [5.74, 6) is 0.360. The minimum Gasteiger partial charge on any atom is -0.340 e. The Morgan fingerprint density at radius 2 is 2.15 bits per heavy atom. The third kappa shape index (κ3) is 3.37. The van der Waals surface area contributed by atoms with Gasteiger partial charge < -0.3 is 4.90 Å². The summed E-state index contributed by atoms with van der Waals surface area (Å²) in [7, 11) is 0. The van der Waals surface area contributed by atoms with Gasteiger partial charge in [-0.15, -0.1) is 0 Å². The molecule has 78 valence electrons. The predicted octanol–water partition coefficient (Wildman–Crippen LogP) is 2.82. The molecule has 13 heavy (non-hydrogen) atoms. The second-order valence-electron chi connectivity index (χ2n) is 3.68. The third-order valence-electron chi connectivity index (χ3n) is 2.63. The SMILES string of the molecule is C.CCCCCN1C(=O)CCC1C. The van der Waals surface area contributed by atoms with Crippen LogP contribution < -0.4 is 0 Å². The Balaban J connectivity index is 0.00000144. The first-order valence-electron chi connectivity index (χ1n) is 5.05. The van der Waals surface area contributed by atoms with Crippen molar-refractivity contribution in [1.82, 2.24) is 4.90 Å². The molecule has 2 nitrogen and oxygen atoms in total. The zero-order chi connectivity index (χ0) is 8.97. The second kappa shape index (κ2) is 6.01. The van der Waals surface area contributed by atoms with E-state index in [1.54, 1.807) is 0 Å². The van der Waals surface area contributed by atoms with Gasteiger partial charge in [-0.05, 0) is 19.8 Å². The Labute approximate surface area is 82.3 Å². The molecule has 0 aromatic heterocycles. The number of unbranched alkanes of at least 4 members (excludes halogenated alkanes) is 2. The van der Waals surface area contributed by atoms with Crippen LogP contribution in [0.3, 0.4) is 0 Å². The molecule has 1 saturated heterocycles. The van der Waals surface area contributed by atoms with Crippen molar-refractivity contribution in [1.29, 1.82) is 0 Å². The van der Waals surface area contributed by atoms with Crippen molar-refractivity contribution in [2.45, 2.75) is 59.4 Å². The van der Waals surface area contributed by atoms with Gasteiger partial charge in [0.05, 0.1) is 0 Å². The van der Waals surface area contributed by atoms with Crippen molar-refractivity contribution in [3.8, 4) is 0 Å². The highest BCUT2D eigenvalue weighted by molar-refractivity contribution is 5.78. The lowest BCUT2D eigenvalue weighted by atomic mass is 10.2. The number of amides is 1. The molecule has 1 heterocycles. The van der Waals surface area contributed by atoms with E-state index >= 15 is 0 Å². The fourth-order valence-corrected chi connectivity index (χ4v) is 1.75. The highest BCUT2D eigenvalue weighted by Crippen LogP contribution is 2.18. The van der Waals surface area contributed by atoms with Crippen LogP contribution in [0.1, 0.15) is 53.4 Å². The van der Waals surface area contributed by atoms with E-state index < -0.39 is 0 Å². The topological polar surface area (TPSA) is 20.3 Å². The van der Waals surface area contributed by atoms with Crippen LogP contribution in [0.15, 0.2) is 0 Å². The number of hydrogen-bond acceptors (Lipinski definition) is 1. The van der Waals surface area contributed by atoms with Crippen LogP contribution in [0.5, 0.6) is 0 Å². The Morgan fingerprint density at radius 3 is 2.62 bits per heavy atom. The molecular formula is C11H23NO. The third-order valence-corrected chi connectivity index (χ3v) is 2.63. The average Bonchev–Trinajstić information content (AvgIpc) is 2.35. The molecule has 1 amide bonds. The van der Waals surface area contributed by atoms with E-state index in [0.717, 1.165) is 19.4 Å². The normalized spacial score (nSPS) is 21.8. The van der Waals surface area contributed by atoms with E-state index in [4.69, 9.17) is 0 Å². The summed E-state index contributed by atoms with van der Waals surface area (Å²) in [6, 6.07) is 0.495. The summed E-state index contributed by atoms with van der Waals surface area (Å²) in [5.41, 5.74) is 0. The Kier molecular flexibility index (Phi) is 5.76. The van der Waals surface area contributed by atoms with Crippen LogP contribution in [0.2, 0.25) is 0 Å². The van der Waals surface area contributed by atoms with Crippen LogP contribution in [0, 0.1) is 0 Å². The molecule has 2 heteroatoms. The van der Waals surface area contributed by atoms with Crippen LogP contribution in [-0.2, 0) is 4.79 Å². The van der Waals surface area contributed by atoms with Gasteiger partial charge in [-0.3, -0.25) is 4.79 Å². The maximum absolute atomic E-state index is 11.3. The van der Waals surface area contributed by atoms with E-state index in [1.807, 2.05) is 4.90 Å². The van der Waals surface area contributed by atoms with Gasteiger partial charge in [-0.1, -0.05) is 27.2 Å². The zero-order valence-electron chi connectivity index (χ0n) is 8.18. The number of likely N-dealkylation sites (tertiary alicyclic amines) is 1. The van der Waals surface area contributed by atoms with Gasteiger partial charge in [0, 0.05) is 19.0 Å². The highest BCUT2D eigenvalue weighted by atomic mass is 16.2. The Bertz CT molecular complexity index is 156. The molecule has 1 aliphatic heterocycles. The van der Waals surface area contributed by atoms with Crippen LogP contribution in [-0.4, -0.2) is 23.4 Å². The number of carbonyl (C=O) groups excluding carboxylic acids is 1. The second-order valence-corrected chi connectivity index (χ2v) is 3.68. The molecule has 0 radical (unpaired) electrons. The lowest BCUT2D eigenvalue weighted by molar-refractivity contribution is -0.128. The summed E-state index contributed by atoms with van der Waals surface area (Å²) in [6.07, 6.45) is 5.48.